The fourth-order valence-corrected chi connectivity index (χ4v) is 1.99. The van der Waals surface area contributed by atoms with Crippen LogP contribution in [-0.2, 0) is 0 Å². The van der Waals surface area contributed by atoms with Crippen LogP contribution >= 0.6 is 0 Å². The number of nitrogens with two attached hydrogens (primary N) is 1. The Bertz CT molecular complexity index is 574. The lowest BCUT2D eigenvalue weighted by molar-refractivity contribution is 1.04. The Hall–Kier alpha value is -1.90. The summed E-state index contributed by atoms with van der Waals surface area (Å²) in [5, 5.41) is 0. The molecule has 0 fully saturated rings. The number of nitrogens with zero attached hydrogens (tertiary/aromatic N) is 2. The molecule has 0 atom stereocenters. The van der Waals surface area contributed by atoms with Gasteiger partial charge in [0.05, 0.1) is 5.69 Å². The average Bonchev–Trinajstić information content (AvgIpc) is 2.24. The maximum Gasteiger partial charge on any atom is 0.130 e. The van der Waals surface area contributed by atoms with Gasteiger partial charge in [-0.15, -0.1) is 0 Å². The van der Waals surface area contributed by atoms with E-state index in [1.54, 1.807) is 0 Å². The van der Waals surface area contributed by atoms with Crippen molar-refractivity contribution in [2.45, 2.75) is 27.7 Å². The first-order chi connectivity index (χ1) is 7.99. The van der Waals surface area contributed by atoms with Crippen LogP contribution in [0.5, 0.6) is 0 Å². The van der Waals surface area contributed by atoms with Crippen molar-refractivity contribution in [2.75, 3.05) is 5.73 Å². The third kappa shape index (κ3) is 2.13. The van der Waals surface area contributed by atoms with E-state index in [1.807, 2.05) is 13.8 Å². The van der Waals surface area contributed by atoms with Crippen LogP contribution in [0.3, 0.4) is 0 Å². The molecule has 0 amide bonds. The van der Waals surface area contributed by atoms with Crippen molar-refractivity contribution in [3.05, 3.63) is 40.7 Å². The van der Waals surface area contributed by atoms with Crippen LogP contribution in [-0.4, -0.2) is 9.97 Å². The quantitative estimate of drug-likeness (QED) is 0.814. The summed E-state index contributed by atoms with van der Waals surface area (Å²) in [5.41, 5.74) is 11.4. The molecule has 0 radical (unpaired) electrons. The average molecular weight is 227 g/mol. The smallest absolute Gasteiger partial charge is 0.130 e. The molecular formula is C14H17N3. The predicted octanol–water partition coefficient (Wildman–Crippen LogP) is 2.96. The van der Waals surface area contributed by atoms with Gasteiger partial charge in [0.1, 0.15) is 11.6 Å². The molecule has 0 saturated carbocycles. The van der Waals surface area contributed by atoms with Gasteiger partial charge in [-0.2, -0.15) is 0 Å². The van der Waals surface area contributed by atoms with Crippen molar-refractivity contribution < 1.29 is 0 Å². The summed E-state index contributed by atoms with van der Waals surface area (Å²) >= 11 is 0. The molecule has 0 bridgehead atoms. The van der Waals surface area contributed by atoms with Crippen LogP contribution in [0.4, 0.5) is 5.82 Å². The van der Waals surface area contributed by atoms with Crippen molar-refractivity contribution >= 4 is 5.82 Å². The van der Waals surface area contributed by atoms with Gasteiger partial charge >= 0.3 is 0 Å². The predicted molar refractivity (Wildman–Crippen MR) is 70.8 cm³/mol. The SMILES string of the molecule is Cc1ccc(-c2nc(C)nc(N)c2C)c(C)c1. The standard InChI is InChI=1S/C14H17N3/c1-8-5-6-12(9(2)7-8)13-10(3)14(15)17-11(4)16-13/h5-7H,1-4H3,(H2,15,16,17). The summed E-state index contributed by atoms with van der Waals surface area (Å²) in [7, 11) is 0. The van der Waals surface area contributed by atoms with Crippen molar-refractivity contribution in [1.82, 2.24) is 9.97 Å². The molecule has 17 heavy (non-hydrogen) atoms. The highest BCUT2D eigenvalue weighted by Gasteiger charge is 2.10. The minimum absolute atomic E-state index is 0.562. The highest BCUT2D eigenvalue weighted by molar-refractivity contribution is 5.70. The molecule has 2 N–H and O–H groups in total. The lowest BCUT2D eigenvalue weighted by Crippen LogP contribution is -2.02. The van der Waals surface area contributed by atoms with Crippen LogP contribution in [0, 0.1) is 27.7 Å². The first kappa shape index (κ1) is 11.6. The first-order valence-corrected chi connectivity index (χ1v) is 5.67. The van der Waals surface area contributed by atoms with Crippen LogP contribution < -0.4 is 5.73 Å². The molecule has 0 saturated heterocycles. The van der Waals surface area contributed by atoms with Crippen LogP contribution in [0.25, 0.3) is 11.3 Å². The van der Waals surface area contributed by atoms with Gasteiger partial charge in [-0.25, -0.2) is 9.97 Å². The zero-order valence-corrected chi connectivity index (χ0v) is 10.7. The van der Waals surface area contributed by atoms with E-state index in [0.717, 1.165) is 16.8 Å². The van der Waals surface area contributed by atoms with E-state index in [9.17, 15) is 0 Å². The second kappa shape index (κ2) is 4.17. The summed E-state index contributed by atoms with van der Waals surface area (Å²) in [6.45, 7) is 8.00. The van der Waals surface area contributed by atoms with E-state index in [0.29, 0.717) is 11.6 Å². The largest absolute Gasteiger partial charge is 0.383 e. The van der Waals surface area contributed by atoms with Gasteiger partial charge in [-0.3, -0.25) is 0 Å². The minimum atomic E-state index is 0.562. The van der Waals surface area contributed by atoms with E-state index < -0.39 is 0 Å². The van der Waals surface area contributed by atoms with Crippen molar-refractivity contribution in [1.29, 1.82) is 0 Å². The van der Waals surface area contributed by atoms with Gasteiger partial charge in [0, 0.05) is 11.1 Å². The number of rotatable bonds is 1. The normalized spacial score (nSPS) is 10.6. The second-order valence-corrected chi connectivity index (χ2v) is 4.45. The second-order valence-electron chi connectivity index (χ2n) is 4.45. The van der Waals surface area contributed by atoms with Crippen LogP contribution in [0.2, 0.25) is 0 Å². The number of hydrogen-bond acceptors (Lipinski definition) is 3. The number of hydrogen-bond donors (Lipinski definition) is 1. The Labute approximate surface area is 102 Å². The highest BCUT2D eigenvalue weighted by Crippen LogP contribution is 2.27. The fourth-order valence-electron chi connectivity index (χ4n) is 1.99. The topological polar surface area (TPSA) is 51.8 Å². The Morgan fingerprint density at radius 3 is 2.35 bits per heavy atom. The van der Waals surface area contributed by atoms with Crippen molar-refractivity contribution in [3.63, 3.8) is 0 Å². The summed E-state index contributed by atoms with van der Waals surface area (Å²) in [5.74, 6) is 1.27. The van der Waals surface area contributed by atoms with Gasteiger partial charge < -0.3 is 5.73 Å². The lowest BCUT2D eigenvalue weighted by atomic mass is 10.00. The number of anilines is 1. The number of aryl methyl sites for hydroxylation is 3. The zero-order chi connectivity index (χ0) is 12.6. The highest BCUT2D eigenvalue weighted by atomic mass is 14.9. The van der Waals surface area contributed by atoms with E-state index in [1.165, 1.54) is 11.1 Å². The van der Waals surface area contributed by atoms with Gasteiger partial charge in [0.15, 0.2) is 0 Å². The molecule has 3 heteroatoms. The molecule has 0 aliphatic heterocycles. The lowest BCUT2D eigenvalue weighted by Gasteiger charge is -2.11. The molecule has 88 valence electrons. The molecular weight excluding hydrogens is 210 g/mol. The molecule has 3 nitrogen and oxygen atoms in total. The maximum atomic E-state index is 5.89. The molecule has 2 aromatic rings. The first-order valence-electron chi connectivity index (χ1n) is 5.67. The molecule has 1 aromatic carbocycles. The van der Waals surface area contributed by atoms with Crippen molar-refractivity contribution in [3.8, 4) is 11.3 Å². The summed E-state index contributed by atoms with van der Waals surface area (Å²) in [6, 6.07) is 6.34. The summed E-state index contributed by atoms with van der Waals surface area (Å²) < 4.78 is 0. The molecule has 0 spiro atoms. The summed E-state index contributed by atoms with van der Waals surface area (Å²) in [4.78, 5) is 8.68. The number of benzene rings is 1. The van der Waals surface area contributed by atoms with E-state index in [2.05, 4.69) is 42.0 Å². The fraction of sp³-hybridized carbons (Fsp3) is 0.286. The third-order valence-corrected chi connectivity index (χ3v) is 2.93. The van der Waals surface area contributed by atoms with Gasteiger partial charge in [-0.1, -0.05) is 23.8 Å². The van der Waals surface area contributed by atoms with Gasteiger partial charge in [-0.05, 0) is 33.3 Å². The zero-order valence-electron chi connectivity index (χ0n) is 10.7. The number of aromatic nitrogens is 2. The van der Waals surface area contributed by atoms with Crippen molar-refractivity contribution in [2.24, 2.45) is 0 Å². The molecule has 0 aliphatic carbocycles. The number of nitrogen functional groups attached to an aromatic ring is 1. The van der Waals surface area contributed by atoms with Gasteiger partial charge in [0.25, 0.3) is 0 Å². The molecule has 2 rings (SSSR count). The maximum absolute atomic E-state index is 5.89. The van der Waals surface area contributed by atoms with Crippen LogP contribution in [0.15, 0.2) is 18.2 Å². The molecule has 1 aromatic heterocycles. The molecule has 0 unspecified atom stereocenters. The van der Waals surface area contributed by atoms with E-state index >= 15 is 0 Å². The Kier molecular flexibility index (Phi) is 2.84. The van der Waals surface area contributed by atoms with Crippen LogP contribution in [0.1, 0.15) is 22.5 Å². The monoisotopic (exact) mass is 227 g/mol. The Balaban J connectivity index is 2.68. The Morgan fingerprint density at radius 2 is 1.71 bits per heavy atom. The molecule has 0 aliphatic rings. The molecule has 1 heterocycles. The minimum Gasteiger partial charge on any atom is -0.383 e. The van der Waals surface area contributed by atoms with E-state index in [-0.39, 0.29) is 0 Å². The van der Waals surface area contributed by atoms with E-state index in [4.69, 9.17) is 5.73 Å². The summed E-state index contributed by atoms with van der Waals surface area (Å²) in [6.07, 6.45) is 0. The van der Waals surface area contributed by atoms with Gasteiger partial charge in [0.2, 0.25) is 0 Å². The Morgan fingerprint density at radius 1 is 1.00 bits per heavy atom. The third-order valence-electron chi connectivity index (χ3n) is 2.93.